The van der Waals surface area contributed by atoms with Gasteiger partial charge in [-0.25, -0.2) is 9.59 Å². The van der Waals surface area contributed by atoms with Gasteiger partial charge in [0.15, 0.2) is 0 Å². The molecule has 0 aliphatic rings. The average molecular weight is 452 g/mol. The maximum atomic E-state index is 11.0. The summed E-state index contributed by atoms with van der Waals surface area (Å²) in [6, 6.07) is 0. The molecular formula is C20H36O8Ti. The zero-order valence-electron chi connectivity index (χ0n) is 18.3. The van der Waals surface area contributed by atoms with Crippen molar-refractivity contribution >= 4 is 23.5 Å². The Labute approximate surface area is 189 Å². The van der Waals surface area contributed by atoms with Gasteiger partial charge in [-0.15, -0.1) is 0 Å². The summed E-state index contributed by atoms with van der Waals surface area (Å²) in [4.78, 5) is 61.8. The van der Waals surface area contributed by atoms with Gasteiger partial charge in [0.05, 0.1) is 13.2 Å². The van der Waals surface area contributed by atoms with Gasteiger partial charge in [-0.05, 0) is 25.7 Å². The fourth-order valence-corrected chi connectivity index (χ4v) is 1.74. The predicted molar refractivity (Wildman–Crippen MR) is 103 cm³/mol. The molecule has 0 rings (SSSR count). The molecular weight excluding hydrogens is 416 g/mol. The largest absolute Gasteiger partial charge is 0.349 e. The molecule has 8 nitrogen and oxygen atoms in total. The van der Waals surface area contributed by atoms with Crippen LogP contribution in [-0.4, -0.2) is 36.7 Å². The molecule has 0 atom stereocenters. The van der Waals surface area contributed by atoms with Crippen molar-refractivity contribution in [3.05, 3.63) is 0 Å². The molecule has 29 heavy (non-hydrogen) atoms. The first kappa shape index (κ1) is 32.6. The van der Waals surface area contributed by atoms with Crippen LogP contribution in [0.4, 0.5) is 0 Å². The SMILES string of the molecule is CCCCOOC(=O)CC(=O)CCC.CCCCOOC(=O)CC(=O)CCC.[Ti]. The third-order valence-corrected chi connectivity index (χ3v) is 3.21. The van der Waals surface area contributed by atoms with E-state index in [0.29, 0.717) is 26.1 Å². The van der Waals surface area contributed by atoms with E-state index in [2.05, 4.69) is 19.6 Å². The van der Waals surface area contributed by atoms with E-state index in [9.17, 15) is 19.2 Å². The zero-order chi connectivity index (χ0) is 21.6. The fraction of sp³-hybridized carbons (Fsp3) is 0.800. The van der Waals surface area contributed by atoms with Crippen LogP contribution in [0.1, 0.15) is 91.9 Å². The van der Waals surface area contributed by atoms with Crippen molar-refractivity contribution in [2.45, 2.75) is 91.9 Å². The summed E-state index contributed by atoms with van der Waals surface area (Å²) in [6.07, 6.45) is 5.63. The van der Waals surface area contributed by atoms with Crippen LogP contribution in [0.3, 0.4) is 0 Å². The van der Waals surface area contributed by atoms with Crippen LogP contribution >= 0.6 is 0 Å². The third kappa shape index (κ3) is 26.9. The zero-order valence-corrected chi connectivity index (χ0v) is 19.8. The van der Waals surface area contributed by atoms with E-state index >= 15 is 0 Å². The molecule has 0 bridgehead atoms. The minimum absolute atomic E-state index is 0. The molecule has 0 fully saturated rings. The minimum atomic E-state index is -0.598. The Bertz CT molecular complexity index is 400. The first-order valence-electron chi connectivity index (χ1n) is 10.1. The number of rotatable bonds is 16. The van der Waals surface area contributed by atoms with Gasteiger partial charge < -0.3 is 0 Å². The second-order valence-electron chi connectivity index (χ2n) is 6.19. The molecule has 0 N–H and O–H groups in total. The number of carbonyl (C=O) groups is 4. The Hall–Kier alpha value is -1.09. The molecule has 0 aliphatic carbocycles. The van der Waals surface area contributed by atoms with Crippen LogP contribution in [0, 0.1) is 0 Å². The van der Waals surface area contributed by atoms with E-state index in [0.717, 1.165) is 38.5 Å². The van der Waals surface area contributed by atoms with E-state index < -0.39 is 11.9 Å². The molecule has 0 spiro atoms. The molecule has 168 valence electrons. The summed E-state index contributed by atoms with van der Waals surface area (Å²) < 4.78 is 0. The van der Waals surface area contributed by atoms with Gasteiger partial charge in [0.1, 0.15) is 24.4 Å². The van der Waals surface area contributed by atoms with Gasteiger partial charge in [-0.3, -0.25) is 19.4 Å². The van der Waals surface area contributed by atoms with Gasteiger partial charge in [0, 0.05) is 34.6 Å². The standard InChI is InChI=1S/2C10H18O4.Ti/c2*1-3-5-7-13-14-10(12)8-9(11)6-4-2;/h2*3-8H2,1-2H3;. The topological polar surface area (TPSA) is 105 Å². The number of hydrogen-bond acceptors (Lipinski definition) is 8. The van der Waals surface area contributed by atoms with E-state index in [1.165, 1.54) is 0 Å². The van der Waals surface area contributed by atoms with Crippen molar-refractivity contribution in [2.75, 3.05) is 13.2 Å². The number of hydrogen-bond donors (Lipinski definition) is 0. The van der Waals surface area contributed by atoms with Gasteiger partial charge in [-0.1, -0.05) is 40.5 Å². The maximum absolute atomic E-state index is 11.0. The predicted octanol–water partition coefficient (Wildman–Crippen LogP) is 4.04. The molecule has 0 amide bonds. The Kier molecular flexibility index (Phi) is 28.0. The first-order valence-corrected chi connectivity index (χ1v) is 10.1. The number of unbranched alkanes of at least 4 members (excludes halogenated alkanes) is 2. The molecule has 0 saturated heterocycles. The van der Waals surface area contributed by atoms with Gasteiger partial charge in [-0.2, -0.15) is 9.78 Å². The van der Waals surface area contributed by atoms with Crippen molar-refractivity contribution in [2.24, 2.45) is 0 Å². The molecule has 0 aromatic rings. The monoisotopic (exact) mass is 452 g/mol. The van der Waals surface area contributed by atoms with Crippen LogP contribution < -0.4 is 0 Å². The van der Waals surface area contributed by atoms with Crippen molar-refractivity contribution in [1.82, 2.24) is 0 Å². The molecule has 9 heteroatoms. The van der Waals surface area contributed by atoms with Crippen LogP contribution in [0.25, 0.3) is 0 Å². The number of carbonyl (C=O) groups excluding carboxylic acids is 4. The normalized spacial score (nSPS) is 9.52. The molecule has 0 heterocycles. The van der Waals surface area contributed by atoms with Crippen molar-refractivity contribution in [1.29, 1.82) is 0 Å². The second-order valence-corrected chi connectivity index (χ2v) is 6.19. The molecule has 0 aromatic heterocycles. The number of Topliss-reactive ketones (excluding diaryl/α,β-unsaturated/α-hetero) is 2. The third-order valence-electron chi connectivity index (χ3n) is 3.21. The van der Waals surface area contributed by atoms with Crippen molar-refractivity contribution < 1.29 is 60.4 Å². The minimum Gasteiger partial charge on any atom is -0.299 e. The molecule has 0 saturated carbocycles. The summed E-state index contributed by atoms with van der Waals surface area (Å²) in [5.41, 5.74) is 0. The fourth-order valence-electron chi connectivity index (χ4n) is 1.74. The van der Waals surface area contributed by atoms with Crippen LogP contribution in [0.15, 0.2) is 0 Å². The first-order chi connectivity index (χ1) is 13.4. The molecule has 0 aliphatic heterocycles. The molecule has 0 aromatic carbocycles. The van der Waals surface area contributed by atoms with Gasteiger partial charge >= 0.3 is 11.9 Å². The summed E-state index contributed by atoms with van der Waals surface area (Å²) in [5, 5.41) is 0. The van der Waals surface area contributed by atoms with E-state index in [1.54, 1.807) is 0 Å². The second kappa shape index (κ2) is 25.0. The molecule has 0 radical (unpaired) electrons. The average Bonchev–Trinajstić information content (AvgIpc) is 2.63. The van der Waals surface area contributed by atoms with Crippen LogP contribution in [-0.2, 0) is 60.4 Å². The maximum Gasteiger partial charge on any atom is 0.349 e. The Morgan fingerprint density at radius 3 is 1.21 bits per heavy atom. The quantitative estimate of drug-likeness (QED) is 0.114. The van der Waals surface area contributed by atoms with Crippen LogP contribution in [0.2, 0.25) is 0 Å². The Morgan fingerprint density at radius 2 is 0.931 bits per heavy atom. The van der Waals surface area contributed by atoms with E-state index in [1.807, 2.05) is 27.7 Å². The van der Waals surface area contributed by atoms with Crippen molar-refractivity contribution in [3.63, 3.8) is 0 Å². The van der Waals surface area contributed by atoms with Gasteiger partial charge in [0.2, 0.25) is 0 Å². The van der Waals surface area contributed by atoms with Crippen LogP contribution in [0.5, 0.6) is 0 Å². The molecule has 0 unspecified atom stereocenters. The summed E-state index contributed by atoms with van der Waals surface area (Å²) in [5.74, 6) is -1.40. The summed E-state index contributed by atoms with van der Waals surface area (Å²) in [6.45, 7) is 8.59. The smallest absolute Gasteiger partial charge is 0.299 e. The Morgan fingerprint density at radius 1 is 0.586 bits per heavy atom. The van der Waals surface area contributed by atoms with Gasteiger partial charge in [0.25, 0.3) is 0 Å². The summed E-state index contributed by atoms with van der Waals surface area (Å²) >= 11 is 0. The van der Waals surface area contributed by atoms with E-state index in [4.69, 9.17) is 0 Å². The summed E-state index contributed by atoms with van der Waals surface area (Å²) in [7, 11) is 0. The van der Waals surface area contributed by atoms with Crippen molar-refractivity contribution in [3.8, 4) is 0 Å². The van der Waals surface area contributed by atoms with E-state index in [-0.39, 0.29) is 46.1 Å². The number of ketones is 2. The Balaban J connectivity index is -0.000000451.